The Morgan fingerprint density at radius 1 is 1.12 bits per heavy atom. The molecule has 3 rings (SSSR count). The molecule has 0 spiro atoms. The van der Waals surface area contributed by atoms with Crippen LogP contribution in [0.4, 0.5) is 0 Å². The number of fused-ring (bicyclic) bond motifs is 1. The molecule has 5 nitrogen and oxygen atoms in total. The van der Waals surface area contributed by atoms with E-state index in [0.717, 1.165) is 22.0 Å². The Kier molecular flexibility index (Phi) is 5.37. The summed E-state index contributed by atoms with van der Waals surface area (Å²) in [6, 6.07) is 15.2. The first-order chi connectivity index (χ1) is 12.5. The third kappa shape index (κ3) is 4.30. The number of ether oxygens (including phenoxy) is 1. The number of pyridine rings is 1. The van der Waals surface area contributed by atoms with Crippen molar-refractivity contribution in [2.24, 2.45) is 0 Å². The number of aromatic nitrogens is 1. The molecule has 0 saturated heterocycles. The first kappa shape index (κ1) is 17.7. The Morgan fingerprint density at radius 2 is 1.88 bits per heavy atom. The maximum atomic E-state index is 12.2. The fourth-order valence-electron chi connectivity index (χ4n) is 2.96. The smallest absolute Gasteiger partial charge is 0.257 e. The van der Waals surface area contributed by atoms with E-state index in [1.54, 1.807) is 12.1 Å². The molecule has 0 aliphatic heterocycles. The third-order valence-corrected chi connectivity index (χ3v) is 4.22. The van der Waals surface area contributed by atoms with Crippen LogP contribution in [0.2, 0.25) is 0 Å². The minimum absolute atomic E-state index is 0.0452. The van der Waals surface area contributed by atoms with E-state index < -0.39 is 0 Å². The molecular weight excluding hydrogens is 328 g/mol. The molecule has 134 valence electrons. The Labute approximate surface area is 152 Å². The fourth-order valence-corrected chi connectivity index (χ4v) is 2.96. The molecule has 0 radical (unpaired) electrons. The number of aryl methyl sites for hydroxylation is 2. The van der Waals surface area contributed by atoms with Crippen molar-refractivity contribution in [3.8, 4) is 5.75 Å². The second-order valence-electron chi connectivity index (χ2n) is 6.37. The number of H-pyrrole nitrogens is 1. The Balaban J connectivity index is 1.58. The normalized spacial score (nSPS) is 10.7. The van der Waals surface area contributed by atoms with E-state index in [-0.39, 0.29) is 18.1 Å². The zero-order valence-electron chi connectivity index (χ0n) is 15.0. The summed E-state index contributed by atoms with van der Waals surface area (Å²) in [5.74, 6) is 0.442. The minimum atomic E-state index is -0.210. The van der Waals surface area contributed by atoms with Gasteiger partial charge in [0.2, 0.25) is 0 Å². The lowest BCUT2D eigenvalue weighted by atomic mass is 10.0. The summed E-state index contributed by atoms with van der Waals surface area (Å²) >= 11 is 0. The SMILES string of the molecule is Cc1cc(C)c2cc(CCNC(=O)COc3ccccc3)c(=O)[nH]c2c1. The van der Waals surface area contributed by atoms with Gasteiger partial charge in [0, 0.05) is 23.0 Å². The van der Waals surface area contributed by atoms with Gasteiger partial charge in [-0.25, -0.2) is 0 Å². The topological polar surface area (TPSA) is 71.2 Å². The van der Waals surface area contributed by atoms with Gasteiger partial charge in [0.1, 0.15) is 5.75 Å². The van der Waals surface area contributed by atoms with Gasteiger partial charge in [-0.2, -0.15) is 0 Å². The van der Waals surface area contributed by atoms with Crippen LogP contribution < -0.4 is 15.6 Å². The van der Waals surface area contributed by atoms with Gasteiger partial charge in [0.05, 0.1) is 0 Å². The Morgan fingerprint density at radius 3 is 2.65 bits per heavy atom. The quantitative estimate of drug-likeness (QED) is 0.718. The van der Waals surface area contributed by atoms with Crippen LogP contribution in [0.5, 0.6) is 5.75 Å². The van der Waals surface area contributed by atoms with Crippen LogP contribution in [0.3, 0.4) is 0 Å². The molecule has 3 aromatic rings. The molecular formula is C21H22N2O3. The molecule has 0 bridgehead atoms. The molecule has 1 heterocycles. The molecule has 1 amide bonds. The van der Waals surface area contributed by atoms with Crippen molar-refractivity contribution in [2.75, 3.05) is 13.2 Å². The van der Waals surface area contributed by atoms with Gasteiger partial charge >= 0.3 is 0 Å². The van der Waals surface area contributed by atoms with E-state index in [4.69, 9.17) is 4.74 Å². The van der Waals surface area contributed by atoms with Gasteiger partial charge < -0.3 is 15.0 Å². The standard InChI is InChI=1S/C21H22N2O3/c1-14-10-15(2)18-12-16(21(25)23-19(18)11-14)8-9-22-20(24)13-26-17-6-4-3-5-7-17/h3-7,10-12H,8-9,13H2,1-2H3,(H,22,24)(H,23,25). The van der Waals surface area contributed by atoms with Crippen LogP contribution in [0.15, 0.2) is 53.3 Å². The van der Waals surface area contributed by atoms with Crippen LogP contribution in [-0.2, 0) is 11.2 Å². The average molecular weight is 350 g/mol. The molecule has 26 heavy (non-hydrogen) atoms. The second-order valence-corrected chi connectivity index (χ2v) is 6.37. The van der Waals surface area contributed by atoms with Crippen LogP contribution in [0.1, 0.15) is 16.7 Å². The van der Waals surface area contributed by atoms with Gasteiger partial charge in [0.25, 0.3) is 11.5 Å². The van der Waals surface area contributed by atoms with Crippen molar-refractivity contribution >= 4 is 16.8 Å². The number of carbonyl (C=O) groups is 1. The molecule has 0 atom stereocenters. The zero-order valence-corrected chi connectivity index (χ0v) is 15.0. The summed E-state index contributed by atoms with van der Waals surface area (Å²) in [5.41, 5.74) is 3.63. The number of nitrogens with one attached hydrogen (secondary N) is 2. The highest BCUT2D eigenvalue weighted by atomic mass is 16.5. The molecule has 1 aromatic heterocycles. The monoisotopic (exact) mass is 350 g/mol. The van der Waals surface area contributed by atoms with Crippen molar-refractivity contribution in [1.82, 2.24) is 10.3 Å². The largest absolute Gasteiger partial charge is 0.484 e. The number of aromatic amines is 1. The molecule has 0 unspecified atom stereocenters. The van der Waals surface area contributed by atoms with Gasteiger partial charge in [-0.1, -0.05) is 24.3 Å². The molecule has 5 heteroatoms. The summed E-state index contributed by atoms with van der Waals surface area (Å²) in [4.78, 5) is 27.1. The maximum absolute atomic E-state index is 12.2. The van der Waals surface area contributed by atoms with E-state index in [2.05, 4.69) is 16.4 Å². The average Bonchev–Trinajstić information content (AvgIpc) is 2.61. The van der Waals surface area contributed by atoms with Crippen LogP contribution in [0.25, 0.3) is 10.9 Å². The maximum Gasteiger partial charge on any atom is 0.257 e. The van der Waals surface area contributed by atoms with E-state index in [0.29, 0.717) is 24.3 Å². The second kappa shape index (κ2) is 7.87. The molecule has 0 saturated carbocycles. The summed E-state index contributed by atoms with van der Waals surface area (Å²) < 4.78 is 5.40. The van der Waals surface area contributed by atoms with E-state index in [9.17, 15) is 9.59 Å². The number of benzene rings is 2. The minimum Gasteiger partial charge on any atom is -0.484 e. The van der Waals surface area contributed by atoms with Crippen molar-refractivity contribution in [2.45, 2.75) is 20.3 Å². The zero-order chi connectivity index (χ0) is 18.5. The lowest BCUT2D eigenvalue weighted by Crippen LogP contribution is -2.31. The summed E-state index contributed by atoms with van der Waals surface area (Å²) in [7, 11) is 0. The molecule has 2 aromatic carbocycles. The predicted molar refractivity (Wildman–Crippen MR) is 103 cm³/mol. The lowest BCUT2D eigenvalue weighted by molar-refractivity contribution is -0.123. The first-order valence-electron chi connectivity index (χ1n) is 8.60. The van der Waals surface area contributed by atoms with Crippen molar-refractivity contribution < 1.29 is 9.53 Å². The number of rotatable bonds is 6. The predicted octanol–water partition coefficient (Wildman–Crippen LogP) is 2.88. The lowest BCUT2D eigenvalue weighted by Gasteiger charge is -2.09. The number of hydrogen-bond acceptors (Lipinski definition) is 3. The Bertz CT molecular complexity index is 978. The summed E-state index contributed by atoms with van der Waals surface area (Å²) in [5, 5.41) is 3.82. The van der Waals surface area contributed by atoms with Gasteiger partial charge in [0.15, 0.2) is 6.61 Å². The van der Waals surface area contributed by atoms with Crippen LogP contribution in [-0.4, -0.2) is 24.0 Å². The number of carbonyl (C=O) groups excluding carboxylic acids is 1. The molecule has 0 fully saturated rings. The fraction of sp³-hybridized carbons (Fsp3) is 0.238. The van der Waals surface area contributed by atoms with E-state index >= 15 is 0 Å². The number of para-hydroxylation sites is 1. The van der Waals surface area contributed by atoms with E-state index in [1.165, 1.54) is 0 Å². The van der Waals surface area contributed by atoms with Gasteiger partial charge in [-0.05, 0) is 55.7 Å². The van der Waals surface area contributed by atoms with Crippen molar-refractivity contribution in [1.29, 1.82) is 0 Å². The van der Waals surface area contributed by atoms with Gasteiger partial charge in [-0.15, -0.1) is 0 Å². The van der Waals surface area contributed by atoms with E-state index in [1.807, 2.05) is 44.2 Å². The third-order valence-electron chi connectivity index (χ3n) is 4.22. The molecule has 2 N–H and O–H groups in total. The first-order valence-corrected chi connectivity index (χ1v) is 8.60. The van der Waals surface area contributed by atoms with Crippen LogP contribution >= 0.6 is 0 Å². The molecule has 0 aliphatic carbocycles. The highest BCUT2D eigenvalue weighted by molar-refractivity contribution is 5.83. The summed E-state index contributed by atoms with van der Waals surface area (Å²) in [6.45, 7) is 4.37. The van der Waals surface area contributed by atoms with Gasteiger partial charge in [-0.3, -0.25) is 9.59 Å². The van der Waals surface area contributed by atoms with Crippen LogP contribution in [0, 0.1) is 13.8 Å². The highest BCUT2D eigenvalue weighted by Crippen LogP contribution is 2.18. The van der Waals surface area contributed by atoms with Crippen molar-refractivity contribution in [3.63, 3.8) is 0 Å². The Hall–Kier alpha value is -3.08. The summed E-state index contributed by atoms with van der Waals surface area (Å²) in [6.07, 6.45) is 0.468. The number of amides is 1. The van der Waals surface area contributed by atoms with Crippen molar-refractivity contribution in [3.05, 3.63) is 75.6 Å². The molecule has 0 aliphatic rings. The number of hydrogen-bond donors (Lipinski definition) is 2. The highest BCUT2D eigenvalue weighted by Gasteiger charge is 2.07.